The van der Waals surface area contributed by atoms with Crippen LogP contribution in [-0.4, -0.2) is 36.6 Å². The summed E-state index contributed by atoms with van der Waals surface area (Å²) in [5, 5.41) is 15.5. The molecule has 0 saturated heterocycles. The molecule has 0 aromatic carbocycles. The molecule has 1 aliphatic carbocycles. The minimum atomic E-state index is -4.13. The number of aliphatic hydroxyl groups excluding tert-OH is 1. The van der Waals surface area contributed by atoms with E-state index in [1.54, 1.807) is 13.8 Å². The summed E-state index contributed by atoms with van der Waals surface area (Å²) >= 11 is 0. The van der Waals surface area contributed by atoms with Crippen LogP contribution in [0, 0.1) is 5.92 Å². The number of rotatable bonds is 15. The summed E-state index contributed by atoms with van der Waals surface area (Å²) in [6, 6.07) is -0.671. The van der Waals surface area contributed by atoms with Gasteiger partial charge in [-0.2, -0.15) is 8.78 Å². The summed E-state index contributed by atoms with van der Waals surface area (Å²) in [6.45, 7) is 12.7. The maximum absolute atomic E-state index is 13.3. The SMILES string of the molecule is C=C(C(=C)C1CC1)/C(=C/NC/C(=C/C(O)=C/C)C(C)NCC(F)(F)C(F)F)C/C=C\CC. The zero-order valence-electron chi connectivity index (χ0n) is 19.2. The Hall–Kier alpha value is -2.28. The highest BCUT2D eigenvalue weighted by Crippen LogP contribution is 2.40. The van der Waals surface area contributed by atoms with E-state index in [1.165, 1.54) is 12.2 Å². The van der Waals surface area contributed by atoms with Crippen LogP contribution in [0.2, 0.25) is 0 Å². The Bertz CT molecular complexity index is 762. The van der Waals surface area contributed by atoms with Gasteiger partial charge in [0.2, 0.25) is 0 Å². The first-order chi connectivity index (χ1) is 15.0. The Morgan fingerprint density at radius 2 is 1.88 bits per heavy atom. The van der Waals surface area contributed by atoms with Crippen molar-refractivity contribution in [1.29, 1.82) is 0 Å². The Morgan fingerprint density at radius 1 is 1.22 bits per heavy atom. The molecule has 1 unspecified atom stereocenters. The maximum Gasteiger partial charge on any atom is 0.319 e. The molecule has 0 aliphatic heterocycles. The summed E-state index contributed by atoms with van der Waals surface area (Å²) in [6.07, 6.45) is 8.89. The Balaban J connectivity index is 2.93. The number of allylic oxidation sites excluding steroid dienone is 7. The van der Waals surface area contributed by atoms with Crippen molar-refractivity contribution in [1.82, 2.24) is 10.6 Å². The average molecular weight is 457 g/mol. The summed E-state index contributed by atoms with van der Waals surface area (Å²) in [4.78, 5) is 0. The minimum Gasteiger partial charge on any atom is -0.508 e. The molecule has 0 heterocycles. The highest BCUT2D eigenvalue weighted by atomic mass is 19.3. The standard InChI is InChI=1S/C25H36F4N2O/c1-6-8-9-10-21(18(4)17(3)20-11-12-20)14-30-15-22(13-23(32)7-2)19(5)31-16-25(28,29)24(26)27/h7-9,13-14,19-20,24,30-32H,3-4,6,10-12,15-16H2,1-2,5H3/b9-8-,21-14+,22-13-,23-7-. The van der Waals surface area contributed by atoms with Gasteiger partial charge < -0.3 is 15.7 Å². The quantitative estimate of drug-likeness (QED) is 0.113. The van der Waals surface area contributed by atoms with E-state index in [0.717, 1.165) is 36.0 Å². The lowest BCUT2D eigenvalue weighted by Crippen LogP contribution is -2.43. The average Bonchev–Trinajstić information content (AvgIpc) is 3.59. The van der Waals surface area contributed by atoms with E-state index >= 15 is 0 Å². The third kappa shape index (κ3) is 9.47. The molecule has 7 heteroatoms. The molecule has 1 atom stereocenters. The van der Waals surface area contributed by atoms with E-state index in [4.69, 9.17) is 0 Å². The first kappa shape index (κ1) is 27.8. The molecule has 0 radical (unpaired) electrons. The van der Waals surface area contributed by atoms with E-state index in [-0.39, 0.29) is 12.3 Å². The van der Waals surface area contributed by atoms with E-state index < -0.39 is 24.9 Å². The molecule has 1 aliphatic rings. The highest BCUT2D eigenvalue weighted by Gasteiger charge is 2.40. The van der Waals surface area contributed by atoms with E-state index in [1.807, 2.05) is 13.1 Å². The number of nitrogens with one attached hydrogen (secondary N) is 2. The number of hydrogen-bond acceptors (Lipinski definition) is 3. The Kier molecular flexibility index (Phi) is 11.5. The van der Waals surface area contributed by atoms with Crippen molar-refractivity contribution in [2.45, 2.75) is 64.8 Å². The van der Waals surface area contributed by atoms with Crippen molar-refractivity contribution in [2.75, 3.05) is 13.1 Å². The lowest BCUT2D eigenvalue weighted by atomic mass is 9.95. The summed E-state index contributed by atoms with van der Waals surface area (Å²) in [5.74, 6) is -3.70. The second-order valence-corrected chi connectivity index (χ2v) is 8.01. The second-order valence-electron chi connectivity index (χ2n) is 8.01. The van der Waals surface area contributed by atoms with Gasteiger partial charge in [0.25, 0.3) is 0 Å². The van der Waals surface area contributed by atoms with Crippen LogP contribution in [0.4, 0.5) is 17.6 Å². The van der Waals surface area contributed by atoms with Crippen molar-refractivity contribution in [3.63, 3.8) is 0 Å². The maximum atomic E-state index is 13.3. The fourth-order valence-electron chi connectivity index (χ4n) is 2.92. The third-order valence-electron chi connectivity index (χ3n) is 5.32. The molecule has 1 rings (SSSR count). The molecular weight excluding hydrogens is 420 g/mol. The van der Waals surface area contributed by atoms with Gasteiger partial charge in [-0.05, 0) is 79.9 Å². The van der Waals surface area contributed by atoms with Gasteiger partial charge in [0.05, 0.1) is 6.54 Å². The molecule has 0 bridgehead atoms. The topological polar surface area (TPSA) is 44.3 Å². The smallest absolute Gasteiger partial charge is 0.319 e. The van der Waals surface area contributed by atoms with Crippen LogP contribution in [0.25, 0.3) is 0 Å². The van der Waals surface area contributed by atoms with Crippen LogP contribution in [-0.2, 0) is 0 Å². The van der Waals surface area contributed by atoms with Crippen LogP contribution in [0.3, 0.4) is 0 Å². The van der Waals surface area contributed by atoms with Gasteiger partial charge in [-0.15, -0.1) is 0 Å². The zero-order valence-corrected chi connectivity index (χ0v) is 19.2. The monoisotopic (exact) mass is 456 g/mol. The van der Waals surface area contributed by atoms with Gasteiger partial charge in [0.1, 0.15) is 5.76 Å². The van der Waals surface area contributed by atoms with Crippen LogP contribution in [0.5, 0.6) is 0 Å². The van der Waals surface area contributed by atoms with Gasteiger partial charge in [-0.1, -0.05) is 32.2 Å². The molecule has 0 amide bonds. The van der Waals surface area contributed by atoms with Crippen LogP contribution >= 0.6 is 0 Å². The first-order valence-corrected chi connectivity index (χ1v) is 10.9. The van der Waals surface area contributed by atoms with E-state index in [9.17, 15) is 22.7 Å². The highest BCUT2D eigenvalue weighted by molar-refractivity contribution is 5.46. The predicted octanol–water partition coefficient (Wildman–Crippen LogP) is 6.61. The van der Waals surface area contributed by atoms with Crippen LogP contribution in [0.15, 0.2) is 71.7 Å². The zero-order chi connectivity index (χ0) is 24.3. The van der Waals surface area contributed by atoms with Gasteiger partial charge in [0, 0.05) is 18.8 Å². The Morgan fingerprint density at radius 3 is 2.41 bits per heavy atom. The van der Waals surface area contributed by atoms with Crippen molar-refractivity contribution >= 4 is 0 Å². The van der Waals surface area contributed by atoms with Crippen molar-refractivity contribution in [3.8, 4) is 0 Å². The molecule has 1 saturated carbocycles. The Labute approximate surface area is 189 Å². The predicted molar refractivity (Wildman–Crippen MR) is 124 cm³/mol. The fourth-order valence-corrected chi connectivity index (χ4v) is 2.92. The van der Waals surface area contributed by atoms with Gasteiger partial charge in [-0.3, -0.25) is 0 Å². The molecule has 0 spiro atoms. The molecule has 3 N–H and O–H groups in total. The third-order valence-corrected chi connectivity index (χ3v) is 5.32. The largest absolute Gasteiger partial charge is 0.508 e. The van der Waals surface area contributed by atoms with Crippen molar-refractivity contribution in [2.24, 2.45) is 5.92 Å². The fraction of sp³-hybridized carbons (Fsp3) is 0.520. The normalized spacial score (nSPS) is 17.2. The minimum absolute atomic E-state index is 0.0438. The van der Waals surface area contributed by atoms with Crippen LogP contribution < -0.4 is 10.6 Å². The number of aliphatic hydroxyl groups is 1. The van der Waals surface area contributed by atoms with Crippen molar-refractivity contribution in [3.05, 3.63) is 71.7 Å². The lowest BCUT2D eigenvalue weighted by Gasteiger charge is -2.22. The molecule has 3 nitrogen and oxygen atoms in total. The number of hydrogen-bond donors (Lipinski definition) is 3. The van der Waals surface area contributed by atoms with Crippen molar-refractivity contribution < 1.29 is 22.7 Å². The summed E-state index contributed by atoms with van der Waals surface area (Å²) < 4.78 is 51.5. The first-order valence-electron chi connectivity index (χ1n) is 10.9. The molecule has 32 heavy (non-hydrogen) atoms. The lowest BCUT2D eigenvalue weighted by molar-refractivity contribution is -0.125. The molecule has 0 aromatic heterocycles. The summed E-state index contributed by atoms with van der Waals surface area (Å²) in [7, 11) is 0. The van der Waals surface area contributed by atoms with E-state index in [2.05, 4.69) is 35.9 Å². The second kappa shape index (κ2) is 13.3. The van der Waals surface area contributed by atoms with E-state index in [0.29, 0.717) is 17.9 Å². The molecule has 1 fully saturated rings. The van der Waals surface area contributed by atoms with Gasteiger partial charge >= 0.3 is 12.3 Å². The number of halogens is 4. The summed E-state index contributed by atoms with van der Waals surface area (Å²) in [5.41, 5.74) is 3.41. The molecule has 0 aromatic rings. The molecular formula is C25H36F4N2O. The molecule has 180 valence electrons. The van der Waals surface area contributed by atoms with Crippen LogP contribution in [0.1, 0.15) is 46.5 Å². The number of alkyl halides is 4. The van der Waals surface area contributed by atoms with Gasteiger partial charge in [-0.25, -0.2) is 8.78 Å². The van der Waals surface area contributed by atoms with Gasteiger partial charge in [0.15, 0.2) is 0 Å².